The van der Waals surface area contributed by atoms with Crippen LogP contribution in [0, 0.1) is 0 Å². The van der Waals surface area contributed by atoms with Gasteiger partial charge in [0, 0.05) is 63.1 Å². The van der Waals surface area contributed by atoms with Crippen molar-refractivity contribution in [2.24, 2.45) is 10.7 Å². The monoisotopic (exact) mass is 365 g/mol. The van der Waals surface area contributed by atoms with E-state index in [0.717, 1.165) is 77.0 Å². The van der Waals surface area contributed by atoms with Crippen molar-refractivity contribution in [3.05, 3.63) is 29.3 Å². The zero-order valence-electron chi connectivity index (χ0n) is 14.7. The number of halogens is 1. The number of guanidine groups is 1. The van der Waals surface area contributed by atoms with Gasteiger partial charge in [-0.3, -0.25) is 9.89 Å². The second-order valence-electron chi connectivity index (χ2n) is 6.50. The summed E-state index contributed by atoms with van der Waals surface area (Å²) in [5, 5.41) is 0.802. The minimum Gasteiger partial charge on any atom is -0.378 e. The standard InChI is InChI=1S/C18H28ClN5O/c19-16-3-1-4-17(15-16)23-9-7-22(8-10-23)6-2-5-21-18(20)24-11-13-25-14-12-24/h1,3-4,15H,2,5-14H2,(H2,20,21). The van der Waals surface area contributed by atoms with Crippen molar-refractivity contribution in [1.82, 2.24) is 9.80 Å². The summed E-state index contributed by atoms with van der Waals surface area (Å²) in [5.41, 5.74) is 7.27. The number of piperazine rings is 1. The molecule has 7 heteroatoms. The largest absolute Gasteiger partial charge is 0.378 e. The van der Waals surface area contributed by atoms with Crippen LogP contribution in [0.5, 0.6) is 0 Å². The Labute approximate surface area is 155 Å². The number of ether oxygens (including phenoxy) is 1. The van der Waals surface area contributed by atoms with E-state index in [9.17, 15) is 0 Å². The molecule has 6 nitrogen and oxygen atoms in total. The van der Waals surface area contributed by atoms with E-state index in [0.29, 0.717) is 5.96 Å². The minimum atomic E-state index is 0.661. The molecule has 1 aromatic rings. The highest BCUT2D eigenvalue weighted by molar-refractivity contribution is 6.30. The summed E-state index contributed by atoms with van der Waals surface area (Å²) in [6.07, 6.45) is 1.04. The van der Waals surface area contributed by atoms with E-state index in [1.165, 1.54) is 5.69 Å². The Kier molecular flexibility index (Phi) is 6.78. The summed E-state index contributed by atoms with van der Waals surface area (Å²) < 4.78 is 5.33. The van der Waals surface area contributed by atoms with Crippen molar-refractivity contribution in [2.45, 2.75) is 6.42 Å². The summed E-state index contributed by atoms with van der Waals surface area (Å²) in [5.74, 6) is 0.661. The fourth-order valence-corrected chi connectivity index (χ4v) is 3.47. The Morgan fingerprint density at radius 1 is 1.12 bits per heavy atom. The van der Waals surface area contributed by atoms with Crippen molar-refractivity contribution in [3.63, 3.8) is 0 Å². The molecule has 0 radical (unpaired) electrons. The molecule has 2 heterocycles. The van der Waals surface area contributed by atoms with E-state index in [-0.39, 0.29) is 0 Å². The van der Waals surface area contributed by atoms with Gasteiger partial charge in [0.05, 0.1) is 13.2 Å². The number of benzene rings is 1. The topological polar surface area (TPSA) is 57.3 Å². The first-order valence-corrected chi connectivity index (χ1v) is 9.45. The summed E-state index contributed by atoms with van der Waals surface area (Å²) in [6, 6.07) is 8.11. The zero-order valence-corrected chi connectivity index (χ0v) is 15.5. The van der Waals surface area contributed by atoms with Gasteiger partial charge in [-0.25, -0.2) is 0 Å². The number of hydrogen-bond acceptors (Lipinski definition) is 4. The van der Waals surface area contributed by atoms with Gasteiger partial charge in [0.15, 0.2) is 5.96 Å². The lowest BCUT2D eigenvalue weighted by molar-refractivity contribution is 0.0674. The lowest BCUT2D eigenvalue weighted by Crippen LogP contribution is -2.47. The van der Waals surface area contributed by atoms with E-state index >= 15 is 0 Å². The van der Waals surface area contributed by atoms with Crippen LogP contribution in [-0.4, -0.2) is 81.3 Å². The van der Waals surface area contributed by atoms with Gasteiger partial charge in [0.1, 0.15) is 0 Å². The van der Waals surface area contributed by atoms with Crippen LogP contribution in [0.1, 0.15) is 6.42 Å². The Morgan fingerprint density at radius 2 is 1.88 bits per heavy atom. The smallest absolute Gasteiger partial charge is 0.191 e. The van der Waals surface area contributed by atoms with Crippen molar-refractivity contribution in [3.8, 4) is 0 Å². The molecule has 0 atom stereocenters. The maximum absolute atomic E-state index is 6.09. The molecule has 138 valence electrons. The van der Waals surface area contributed by atoms with Crippen LogP contribution in [0.25, 0.3) is 0 Å². The summed E-state index contributed by atoms with van der Waals surface area (Å²) in [4.78, 5) is 11.5. The van der Waals surface area contributed by atoms with Crippen LogP contribution in [0.2, 0.25) is 5.02 Å². The Bertz CT molecular complexity index is 568. The third-order valence-corrected chi connectivity index (χ3v) is 5.02. The fraction of sp³-hybridized carbons (Fsp3) is 0.611. The van der Waals surface area contributed by atoms with Crippen LogP contribution in [0.15, 0.2) is 29.3 Å². The highest BCUT2D eigenvalue weighted by Crippen LogP contribution is 2.20. The molecule has 0 unspecified atom stereocenters. The van der Waals surface area contributed by atoms with Crippen molar-refractivity contribution < 1.29 is 4.74 Å². The molecule has 2 aliphatic heterocycles. The second kappa shape index (κ2) is 9.27. The first kappa shape index (κ1) is 18.3. The summed E-state index contributed by atoms with van der Waals surface area (Å²) in [6.45, 7) is 9.28. The number of nitrogens with zero attached hydrogens (tertiary/aromatic N) is 4. The van der Waals surface area contributed by atoms with E-state index in [4.69, 9.17) is 22.1 Å². The van der Waals surface area contributed by atoms with Gasteiger partial charge in [-0.15, -0.1) is 0 Å². The highest BCUT2D eigenvalue weighted by Gasteiger charge is 2.17. The van der Waals surface area contributed by atoms with Crippen LogP contribution in [0.4, 0.5) is 5.69 Å². The third kappa shape index (κ3) is 5.49. The van der Waals surface area contributed by atoms with Crippen molar-refractivity contribution in [1.29, 1.82) is 0 Å². The highest BCUT2D eigenvalue weighted by atomic mass is 35.5. The lowest BCUT2D eigenvalue weighted by atomic mass is 10.2. The van der Waals surface area contributed by atoms with Crippen molar-refractivity contribution in [2.75, 3.05) is 70.5 Å². The summed E-state index contributed by atoms with van der Waals surface area (Å²) >= 11 is 6.09. The molecule has 2 aliphatic rings. The van der Waals surface area contributed by atoms with Gasteiger partial charge in [0.2, 0.25) is 0 Å². The zero-order chi connectivity index (χ0) is 17.5. The molecule has 0 bridgehead atoms. The first-order valence-electron chi connectivity index (χ1n) is 9.08. The number of morpholine rings is 1. The first-order chi connectivity index (χ1) is 12.2. The second-order valence-corrected chi connectivity index (χ2v) is 6.94. The van der Waals surface area contributed by atoms with Gasteiger partial charge in [-0.2, -0.15) is 0 Å². The molecule has 0 saturated carbocycles. The van der Waals surface area contributed by atoms with Gasteiger partial charge in [-0.1, -0.05) is 17.7 Å². The van der Waals surface area contributed by atoms with Gasteiger partial charge in [0.25, 0.3) is 0 Å². The van der Waals surface area contributed by atoms with E-state index in [1.807, 2.05) is 18.2 Å². The molecule has 0 amide bonds. The molecule has 2 N–H and O–H groups in total. The van der Waals surface area contributed by atoms with Crippen molar-refractivity contribution >= 4 is 23.2 Å². The minimum absolute atomic E-state index is 0.661. The Morgan fingerprint density at radius 3 is 2.60 bits per heavy atom. The van der Waals surface area contributed by atoms with Gasteiger partial charge < -0.3 is 20.3 Å². The lowest BCUT2D eigenvalue weighted by Gasteiger charge is -2.36. The molecular weight excluding hydrogens is 338 g/mol. The third-order valence-electron chi connectivity index (χ3n) is 4.79. The maximum atomic E-state index is 6.09. The average molecular weight is 366 g/mol. The maximum Gasteiger partial charge on any atom is 0.191 e. The van der Waals surface area contributed by atoms with Crippen LogP contribution >= 0.6 is 11.6 Å². The molecule has 0 aromatic heterocycles. The Hall–Kier alpha value is -1.50. The predicted molar refractivity (Wildman–Crippen MR) is 104 cm³/mol. The molecule has 2 saturated heterocycles. The molecule has 25 heavy (non-hydrogen) atoms. The molecule has 3 rings (SSSR count). The Balaban J connectivity index is 1.35. The van der Waals surface area contributed by atoms with E-state index < -0.39 is 0 Å². The normalized spacial score (nSPS) is 20.1. The van der Waals surface area contributed by atoms with Gasteiger partial charge in [-0.05, 0) is 24.6 Å². The quantitative estimate of drug-likeness (QED) is 0.487. The number of aliphatic imine (C=N–C) groups is 1. The molecule has 1 aromatic carbocycles. The SMILES string of the molecule is NC(=NCCCN1CCN(c2cccc(Cl)c2)CC1)N1CCOCC1. The molecule has 2 fully saturated rings. The number of nitrogens with two attached hydrogens (primary N) is 1. The molecule has 0 aliphatic carbocycles. The van der Waals surface area contributed by atoms with Gasteiger partial charge >= 0.3 is 0 Å². The number of anilines is 1. The van der Waals surface area contributed by atoms with Crippen LogP contribution in [-0.2, 0) is 4.74 Å². The number of hydrogen-bond donors (Lipinski definition) is 1. The fourth-order valence-electron chi connectivity index (χ4n) is 3.28. The van der Waals surface area contributed by atoms with E-state index in [1.54, 1.807) is 0 Å². The van der Waals surface area contributed by atoms with E-state index in [2.05, 4.69) is 25.8 Å². The van der Waals surface area contributed by atoms with Crippen LogP contribution < -0.4 is 10.6 Å². The molecule has 0 spiro atoms. The summed E-state index contributed by atoms with van der Waals surface area (Å²) in [7, 11) is 0. The molecular formula is C18H28ClN5O. The predicted octanol–water partition coefficient (Wildman–Crippen LogP) is 1.50. The number of rotatable bonds is 5. The average Bonchev–Trinajstić information content (AvgIpc) is 2.66. The van der Waals surface area contributed by atoms with Crippen LogP contribution in [0.3, 0.4) is 0 Å².